The Labute approximate surface area is 233 Å². The Kier molecular flexibility index (Phi) is 5.12. The number of aromatic nitrogens is 2. The fraction of sp³-hybridized carbons (Fsp3) is 0. The van der Waals surface area contributed by atoms with E-state index in [-0.39, 0.29) is 0 Å². The van der Waals surface area contributed by atoms with Crippen LogP contribution < -0.4 is 5.32 Å². The summed E-state index contributed by atoms with van der Waals surface area (Å²) >= 11 is 6.41. The van der Waals surface area contributed by atoms with Crippen LogP contribution in [-0.4, -0.2) is 9.97 Å². The summed E-state index contributed by atoms with van der Waals surface area (Å²) in [6, 6.07) is 37.8. The lowest BCUT2D eigenvalue weighted by atomic mass is 10.0. The predicted molar refractivity (Wildman–Crippen MR) is 162 cm³/mol. The maximum atomic E-state index is 6.49. The normalized spacial score (nSPS) is 11.6. The molecule has 3 heterocycles. The van der Waals surface area contributed by atoms with E-state index in [1.807, 2.05) is 103 Å². The van der Waals surface area contributed by atoms with E-state index in [0.717, 1.165) is 66.6 Å². The van der Waals surface area contributed by atoms with E-state index in [1.165, 1.54) is 0 Å². The number of hydrogen-bond acceptors (Lipinski definition) is 5. The summed E-state index contributed by atoms with van der Waals surface area (Å²) in [6.07, 6.45) is 0. The molecule has 0 aliphatic heterocycles. The summed E-state index contributed by atoms with van der Waals surface area (Å²) in [5.74, 6) is 0.625. The lowest BCUT2D eigenvalue weighted by Crippen LogP contribution is -1.94. The van der Waals surface area contributed by atoms with Gasteiger partial charge in [-0.15, -0.1) is 0 Å². The number of fused-ring (bicyclic) bond motifs is 6. The third kappa shape index (κ3) is 3.63. The fourth-order valence-electron chi connectivity index (χ4n) is 5.31. The average molecular weight is 538 g/mol. The highest BCUT2D eigenvalue weighted by molar-refractivity contribution is 6.33. The first kappa shape index (κ1) is 22.8. The number of anilines is 2. The zero-order valence-electron chi connectivity index (χ0n) is 21.1. The Morgan fingerprint density at radius 1 is 0.625 bits per heavy atom. The van der Waals surface area contributed by atoms with Crippen molar-refractivity contribution in [2.75, 3.05) is 5.32 Å². The van der Waals surface area contributed by atoms with Crippen molar-refractivity contribution >= 4 is 67.0 Å². The zero-order chi connectivity index (χ0) is 26.6. The second kappa shape index (κ2) is 8.97. The lowest BCUT2D eigenvalue weighted by molar-refractivity contribution is 0.667. The van der Waals surface area contributed by atoms with E-state index in [2.05, 4.69) is 17.4 Å². The molecule has 0 unspecified atom stereocenters. The van der Waals surface area contributed by atoms with Crippen LogP contribution in [0, 0.1) is 0 Å². The SMILES string of the molecule is Clc1ccccc1Nc1ccc2oc3c(-c4cccc5oc6ccccc6c45)nc(-c4ccccc4)nc3c2c1. The van der Waals surface area contributed by atoms with Gasteiger partial charge in [0, 0.05) is 33.0 Å². The van der Waals surface area contributed by atoms with Crippen molar-refractivity contribution in [2.24, 2.45) is 0 Å². The van der Waals surface area contributed by atoms with Crippen molar-refractivity contribution < 1.29 is 8.83 Å². The minimum atomic E-state index is 0.625. The van der Waals surface area contributed by atoms with Gasteiger partial charge in [-0.3, -0.25) is 0 Å². The molecule has 0 amide bonds. The van der Waals surface area contributed by atoms with E-state index in [0.29, 0.717) is 16.4 Å². The highest BCUT2D eigenvalue weighted by atomic mass is 35.5. The van der Waals surface area contributed by atoms with Gasteiger partial charge in [-0.05, 0) is 42.5 Å². The third-order valence-electron chi connectivity index (χ3n) is 7.15. The fourth-order valence-corrected chi connectivity index (χ4v) is 5.49. The predicted octanol–water partition coefficient (Wildman–Crippen LogP) is 10.0. The monoisotopic (exact) mass is 537 g/mol. The number of hydrogen-bond donors (Lipinski definition) is 1. The molecule has 0 spiro atoms. The molecule has 190 valence electrons. The molecule has 0 atom stereocenters. The summed E-state index contributed by atoms with van der Waals surface area (Å²) in [4.78, 5) is 10.1. The highest BCUT2D eigenvalue weighted by Crippen LogP contribution is 2.41. The van der Waals surface area contributed by atoms with Crippen LogP contribution in [0.3, 0.4) is 0 Å². The number of para-hydroxylation sites is 2. The van der Waals surface area contributed by atoms with Gasteiger partial charge in [-0.2, -0.15) is 0 Å². The van der Waals surface area contributed by atoms with Gasteiger partial charge in [0.15, 0.2) is 11.4 Å². The Balaban J connectivity index is 1.42. The van der Waals surface area contributed by atoms with Crippen molar-refractivity contribution in [3.63, 3.8) is 0 Å². The first-order valence-electron chi connectivity index (χ1n) is 12.9. The molecule has 8 rings (SSSR count). The van der Waals surface area contributed by atoms with Crippen molar-refractivity contribution in [3.8, 4) is 22.6 Å². The summed E-state index contributed by atoms with van der Waals surface area (Å²) < 4.78 is 12.7. The van der Waals surface area contributed by atoms with Crippen LogP contribution in [0.1, 0.15) is 0 Å². The second-order valence-corrected chi connectivity index (χ2v) is 10.0. The van der Waals surface area contributed by atoms with E-state index < -0.39 is 0 Å². The Bertz CT molecular complexity index is 2220. The third-order valence-corrected chi connectivity index (χ3v) is 7.48. The summed E-state index contributed by atoms with van der Waals surface area (Å²) in [6.45, 7) is 0. The van der Waals surface area contributed by atoms with Crippen molar-refractivity contribution in [3.05, 3.63) is 120 Å². The van der Waals surface area contributed by atoms with Gasteiger partial charge in [-0.25, -0.2) is 9.97 Å². The maximum Gasteiger partial charge on any atom is 0.180 e. The van der Waals surface area contributed by atoms with Crippen molar-refractivity contribution in [1.82, 2.24) is 9.97 Å². The van der Waals surface area contributed by atoms with Crippen LogP contribution in [0.15, 0.2) is 124 Å². The summed E-state index contributed by atoms with van der Waals surface area (Å²) in [5.41, 5.74) is 8.02. The molecule has 5 nitrogen and oxygen atoms in total. The summed E-state index contributed by atoms with van der Waals surface area (Å²) in [5, 5.41) is 6.99. The molecule has 0 bridgehead atoms. The van der Waals surface area contributed by atoms with E-state index in [1.54, 1.807) is 0 Å². The topological polar surface area (TPSA) is 64.1 Å². The number of benzene rings is 5. The maximum absolute atomic E-state index is 6.49. The molecule has 0 fully saturated rings. The van der Waals surface area contributed by atoms with Crippen LogP contribution in [0.25, 0.3) is 66.7 Å². The molecule has 0 aliphatic rings. The van der Waals surface area contributed by atoms with Gasteiger partial charge in [0.25, 0.3) is 0 Å². The minimum Gasteiger partial charge on any atom is -0.456 e. The van der Waals surface area contributed by atoms with Gasteiger partial charge in [0.2, 0.25) is 0 Å². The van der Waals surface area contributed by atoms with Gasteiger partial charge < -0.3 is 14.2 Å². The van der Waals surface area contributed by atoms with Gasteiger partial charge in [0.05, 0.1) is 10.7 Å². The molecular formula is C34H20ClN3O2. The molecule has 0 radical (unpaired) electrons. The number of rotatable bonds is 4. The molecule has 0 saturated carbocycles. The van der Waals surface area contributed by atoms with Crippen LogP contribution in [0.4, 0.5) is 11.4 Å². The van der Waals surface area contributed by atoms with Crippen molar-refractivity contribution in [2.45, 2.75) is 0 Å². The molecule has 8 aromatic rings. The Hall–Kier alpha value is -5.13. The first-order valence-corrected chi connectivity index (χ1v) is 13.3. The van der Waals surface area contributed by atoms with Crippen LogP contribution >= 0.6 is 11.6 Å². The van der Waals surface area contributed by atoms with Crippen LogP contribution in [0.5, 0.6) is 0 Å². The second-order valence-electron chi connectivity index (χ2n) is 9.63. The minimum absolute atomic E-state index is 0.625. The molecule has 0 aliphatic carbocycles. The molecule has 1 N–H and O–H groups in total. The number of nitrogens with zero attached hydrogens (tertiary/aromatic N) is 2. The van der Waals surface area contributed by atoms with Crippen molar-refractivity contribution in [1.29, 1.82) is 0 Å². The van der Waals surface area contributed by atoms with Gasteiger partial charge in [-0.1, -0.05) is 84.4 Å². The first-order chi connectivity index (χ1) is 19.7. The molecule has 6 heteroatoms. The molecular weight excluding hydrogens is 518 g/mol. The smallest absolute Gasteiger partial charge is 0.180 e. The highest BCUT2D eigenvalue weighted by Gasteiger charge is 2.21. The molecule has 40 heavy (non-hydrogen) atoms. The van der Waals surface area contributed by atoms with Gasteiger partial charge in [0.1, 0.15) is 28.0 Å². The van der Waals surface area contributed by atoms with E-state index >= 15 is 0 Å². The quantitative estimate of drug-likeness (QED) is 0.242. The van der Waals surface area contributed by atoms with Crippen LogP contribution in [-0.2, 0) is 0 Å². The number of halogens is 1. The Morgan fingerprint density at radius 2 is 1.40 bits per heavy atom. The molecule has 5 aromatic carbocycles. The molecule has 0 saturated heterocycles. The standard InChI is InChI=1S/C34H20ClN3O2/c35-25-13-5-6-14-26(25)36-21-17-18-28-24(19-21)32-33(40-28)31(37-34(38-32)20-9-2-1-3-10-20)23-12-8-16-29-30(23)22-11-4-7-15-27(22)39-29/h1-19,36H. The van der Waals surface area contributed by atoms with E-state index in [9.17, 15) is 0 Å². The summed E-state index contributed by atoms with van der Waals surface area (Å²) in [7, 11) is 0. The van der Waals surface area contributed by atoms with Gasteiger partial charge >= 0.3 is 0 Å². The number of furan rings is 2. The Morgan fingerprint density at radius 3 is 2.30 bits per heavy atom. The zero-order valence-corrected chi connectivity index (χ0v) is 21.8. The molecule has 3 aromatic heterocycles. The lowest BCUT2D eigenvalue weighted by Gasteiger charge is -2.08. The van der Waals surface area contributed by atoms with Crippen LogP contribution in [0.2, 0.25) is 5.02 Å². The number of nitrogens with one attached hydrogen (secondary N) is 1. The largest absolute Gasteiger partial charge is 0.456 e. The van der Waals surface area contributed by atoms with E-state index in [4.69, 9.17) is 30.4 Å². The average Bonchev–Trinajstić information content (AvgIpc) is 3.56.